The maximum absolute atomic E-state index is 12.4. The quantitative estimate of drug-likeness (QED) is 0.786. The van der Waals surface area contributed by atoms with Gasteiger partial charge in [-0.05, 0) is 17.9 Å². The van der Waals surface area contributed by atoms with Crippen molar-refractivity contribution in [2.24, 2.45) is 5.92 Å². The minimum Gasteiger partial charge on any atom is -0.479 e. The molecule has 96 valence electrons. The Morgan fingerprint density at radius 2 is 1.95 bits per heavy atom. The summed E-state index contributed by atoms with van der Waals surface area (Å²) in [6.07, 6.45) is 3.93. The maximum atomic E-state index is 12.4. The predicted octanol–water partition coefficient (Wildman–Crippen LogP) is 2.47. The minimum atomic E-state index is 0.00741. The second-order valence-electron chi connectivity index (χ2n) is 4.64. The molecule has 3 rings (SSSR count). The van der Waals surface area contributed by atoms with Gasteiger partial charge in [0, 0.05) is 18.3 Å². The summed E-state index contributed by atoms with van der Waals surface area (Å²) in [6.45, 7) is 0. The maximum Gasteiger partial charge on any atom is 0.243 e. The third-order valence-corrected chi connectivity index (χ3v) is 3.45. The van der Waals surface area contributed by atoms with Crippen molar-refractivity contribution >= 4 is 5.78 Å². The SMILES string of the molecule is COc1nccnc1C(=O)C1CC1c1ccccc1. The zero-order valence-corrected chi connectivity index (χ0v) is 10.6. The van der Waals surface area contributed by atoms with Gasteiger partial charge in [-0.15, -0.1) is 0 Å². The molecule has 2 aromatic rings. The third kappa shape index (κ3) is 2.21. The van der Waals surface area contributed by atoms with E-state index in [0.717, 1.165) is 6.42 Å². The van der Waals surface area contributed by atoms with E-state index in [1.807, 2.05) is 18.2 Å². The monoisotopic (exact) mass is 254 g/mol. The molecule has 0 aliphatic heterocycles. The Morgan fingerprint density at radius 1 is 1.21 bits per heavy atom. The van der Waals surface area contributed by atoms with Gasteiger partial charge in [0.25, 0.3) is 0 Å². The van der Waals surface area contributed by atoms with Crippen LogP contribution in [0.3, 0.4) is 0 Å². The Morgan fingerprint density at radius 3 is 2.68 bits per heavy atom. The molecule has 1 aromatic carbocycles. The van der Waals surface area contributed by atoms with Crippen LogP contribution >= 0.6 is 0 Å². The van der Waals surface area contributed by atoms with E-state index in [0.29, 0.717) is 17.5 Å². The summed E-state index contributed by atoms with van der Waals surface area (Å²) < 4.78 is 5.09. The van der Waals surface area contributed by atoms with Crippen molar-refractivity contribution in [2.75, 3.05) is 7.11 Å². The van der Waals surface area contributed by atoms with Gasteiger partial charge in [0.1, 0.15) is 0 Å². The average Bonchev–Trinajstić information content (AvgIpc) is 3.28. The molecule has 4 nitrogen and oxygen atoms in total. The lowest BCUT2D eigenvalue weighted by atomic mass is 10.1. The average molecular weight is 254 g/mol. The van der Waals surface area contributed by atoms with Crippen LogP contribution in [-0.2, 0) is 0 Å². The van der Waals surface area contributed by atoms with Crippen molar-refractivity contribution < 1.29 is 9.53 Å². The van der Waals surface area contributed by atoms with Crippen LogP contribution in [0.25, 0.3) is 0 Å². The van der Waals surface area contributed by atoms with Crippen molar-refractivity contribution in [2.45, 2.75) is 12.3 Å². The lowest BCUT2D eigenvalue weighted by Crippen LogP contribution is -2.09. The molecule has 1 heterocycles. The van der Waals surface area contributed by atoms with Gasteiger partial charge in [0.05, 0.1) is 7.11 Å². The number of rotatable bonds is 4. The van der Waals surface area contributed by atoms with Gasteiger partial charge in [0.15, 0.2) is 11.5 Å². The van der Waals surface area contributed by atoms with Gasteiger partial charge < -0.3 is 4.74 Å². The fraction of sp³-hybridized carbons (Fsp3) is 0.267. The number of hydrogen-bond donors (Lipinski definition) is 0. The standard InChI is InChI=1S/C15H14N2O2/c1-19-15-13(16-7-8-17-15)14(18)12-9-11(12)10-5-3-2-4-6-10/h2-8,11-12H,9H2,1H3. The molecule has 1 aliphatic rings. The summed E-state index contributed by atoms with van der Waals surface area (Å²) in [7, 11) is 1.50. The van der Waals surface area contributed by atoms with Crippen LogP contribution in [-0.4, -0.2) is 22.9 Å². The molecule has 1 aromatic heterocycles. The third-order valence-electron chi connectivity index (χ3n) is 3.45. The van der Waals surface area contributed by atoms with Crippen LogP contribution in [0.1, 0.15) is 28.4 Å². The number of carbonyl (C=O) groups is 1. The second kappa shape index (κ2) is 4.80. The van der Waals surface area contributed by atoms with Crippen LogP contribution in [0.2, 0.25) is 0 Å². The van der Waals surface area contributed by atoms with Crippen LogP contribution < -0.4 is 4.74 Å². The Bertz CT molecular complexity index is 598. The molecule has 0 N–H and O–H groups in total. The van der Waals surface area contributed by atoms with Crippen LogP contribution in [0.4, 0.5) is 0 Å². The number of ether oxygens (including phenoxy) is 1. The Balaban J connectivity index is 1.80. The molecular formula is C15H14N2O2. The summed E-state index contributed by atoms with van der Waals surface area (Å²) in [5.41, 5.74) is 1.55. The highest BCUT2D eigenvalue weighted by atomic mass is 16.5. The van der Waals surface area contributed by atoms with Crippen LogP contribution in [0.5, 0.6) is 5.88 Å². The molecule has 1 saturated carbocycles. The van der Waals surface area contributed by atoms with Gasteiger partial charge in [-0.3, -0.25) is 4.79 Å². The first-order valence-electron chi connectivity index (χ1n) is 6.25. The summed E-state index contributed by atoms with van der Waals surface area (Å²) >= 11 is 0. The van der Waals surface area contributed by atoms with Gasteiger partial charge in [-0.2, -0.15) is 0 Å². The van der Waals surface area contributed by atoms with E-state index in [9.17, 15) is 4.79 Å². The smallest absolute Gasteiger partial charge is 0.243 e. The van der Waals surface area contributed by atoms with E-state index >= 15 is 0 Å². The fourth-order valence-corrected chi connectivity index (χ4v) is 2.37. The molecule has 0 bridgehead atoms. The van der Waals surface area contributed by atoms with E-state index < -0.39 is 0 Å². The van der Waals surface area contributed by atoms with Crippen LogP contribution in [0.15, 0.2) is 42.7 Å². The molecule has 2 unspecified atom stereocenters. The molecule has 2 atom stereocenters. The van der Waals surface area contributed by atoms with Gasteiger partial charge >= 0.3 is 0 Å². The zero-order valence-electron chi connectivity index (χ0n) is 10.6. The normalized spacial score (nSPS) is 20.9. The Kier molecular flexibility index (Phi) is 2.99. The number of nitrogens with zero attached hydrogens (tertiary/aromatic N) is 2. The van der Waals surface area contributed by atoms with Gasteiger partial charge in [-0.1, -0.05) is 30.3 Å². The number of methoxy groups -OCH3 is 1. The van der Waals surface area contributed by atoms with E-state index in [-0.39, 0.29) is 11.7 Å². The molecular weight excluding hydrogens is 240 g/mol. The molecule has 4 heteroatoms. The largest absolute Gasteiger partial charge is 0.479 e. The fourth-order valence-electron chi connectivity index (χ4n) is 2.37. The first-order valence-corrected chi connectivity index (χ1v) is 6.25. The number of ketones is 1. The molecule has 0 spiro atoms. The van der Waals surface area contributed by atoms with Crippen molar-refractivity contribution in [3.05, 3.63) is 54.0 Å². The molecule has 0 amide bonds. The second-order valence-corrected chi connectivity index (χ2v) is 4.64. The molecule has 19 heavy (non-hydrogen) atoms. The van der Waals surface area contributed by atoms with Crippen molar-refractivity contribution in [3.8, 4) is 5.88 Å². The summed E-state index contributed by atoms with van der Waals surface area (Å²) in [5.74, 6) is 0.651. The van der Waals surface area contributed by atoms with Gasteiger partial charge in [-0.25, -0.2) is 9.97 Å². The Labute approximate surface area is 111 Å². The van der Waals surface area contributed by atoms with E-state index in [2.05, 4.69) is 22.1 Å². The van der Waals surface area contributed by atoms with Crippen molar-refractivity contribution in [3.63, 3.8) is 0 Å². The summed E-state index contributed by atoms with van der Waals surface area (Å²) in [4.78, 5) is 20.5. The molecule has 1 fully saturated rings. The topological polar surface area (TPSA) is 52.1 Å². The highest BCUT2D eigenvalue weighted by molar-refractivity contribution is 6.00. The first kappa shape index (κ1) is 11.8. The van der Waals surface area contributed by atoms with E-state index in [4.69, 9.17) is 4.74 Å². The lowest BCUT2D eigenvalue weighted by molar-refractivity contribution is 0.0956. The zero-order chi connectivity index (χ0) is 13.2. The molecule has 1 aliphatic carbocycles. The van der Waals surface area contributed by atoms with E-state index in [1.54, 1.807) is 0 Å². The first-order chi connectivity index (χ1) is 9.31. The van der Waals surface area contributed by atoms with Gasteiger partial charge in [0.2, 0.25) is 5.88 Å². The highest BCUT2D eigenvalue weighted by Gasteiger charge is 2.45. The predicted molar refractivity (Wildman–Crippen MR) is 70.2 cm³/mol. The van der Waals surface area contributed by atoms with Crippen molar-refractivity contribution in [1.82, 2.24) is 9.97 Å². The number of benzene rings is 1. The summed E-state index contributed by atoms with van der Waals surface area (Å²) in [6, 6.07) is 10.1. The van der Waals surface area contributed by atoms with E-state index in [1.165, 1.54) is 25.1 Å². The van der Waals surface area contributed by atoms with Crippen LogP contribution in [0, 0.1) is 5.92 Å². The minimum absolute atomic E-state index is 0.00741. The van der Waals surface area contributed by atoms with Crippen molar-refractivity contribution in [1.29, 1.82) is 0 Å². The lowest BCUT2D eigenvalue weighted by Gasteiger charge is -2.04. The number of hydrogen-bond acceptors (Lipinski definition) is 4. The highest BCUT2D eigenvalue weighted by Crippen LogP contribution is 2.49. The number of Topliss-reactive ketones (excluding diaryl/α,β-unsaturated/α-hetero) is 1. The molecule has 0 saturated heterocycles. The summed E-state index contributed by atoms with van der Waals surface area (Å²) in [5, 5.41) is 0. The molecule has 0 radical (unpaired) electrons. The Hall–Kier alpha value is -2.23. The number of carbonyl (C=O) groups excluding carboxylic acids is 1. The number of aromatic nitrogens is 2.